The highest BCUT2D eigenvalue weighted by atomic mass is 16.6. The lowest BCUT2D eigenvalue weighted by Gasteiger charge is -2.05. The fraction of sp³-hybridized carbons (Fsp3) is 0.263. The summed E-state index contributed by atoms with van der Waals surface area (Å²) < 4.78 is 6.97. The van der Waals surface area contributed by atoms with Gasteiger partial charge in [0.2, 0.25) is 0 Å². The summed E-state index contributed by atoms with van der Waals surface area (Å²) in [6.07, 6.45) is 6.34. The number of esters is 1. The highest BCUT2D eigenvalue weighted by molar-refractivity contribution is 5.97. The van der Waals surface area contributed by atoms with Crippen molar-refractivity contribution in [2.24, 2.45) is 0 Å². The quantitative estimate of drug-likeness (QED) is 0.364. The van der Waals surface area contributed by atoms with Crippen LogP contribution < -0.4 is 0 Å². The predicted octanol–water partition coefficient (Wildman–Crippen LogP) is 3.95. The van der Waals surface area contributed by atoms with E-state index in [9.17, 15) is 14.9 Å². The van der Waals surface area contributed by atoms with Gasteiger partial charge in [-0.25, -0.2) is 0 Å². The van der Waals surface area contributed by atoms with Crippen LogP contribution in [0.1, 0.15) is 19.8 Å². The maximum atomic E-state index is 11.5. The van der Waals surface area contributed by atoms with Crippen LogP contribution in [0.25, 0.3) is 22.0 Å². The molecule has 0 bridgehead atoms. The minimum absolute atomic E-state index is 0.0481. The van der Waals surface area contributed by atoms with Crippen LogP contribution in [-0.4, -0.2) is 27.1 Å². The van der Waals surface area contributed by atoms with E-state index < -0.39 is 4.92 Å². The Labute approximate surface area is 150 Å². The Morgan fingerprint density at radius 3 is 2.88 bits per heavy atom. The van der Waals surface area contributed by atoms with E-state index in [1.807, 2.05) is 22.9 Å². The van der Waals surface area contributed by atoms with Crippen LogP contribution in [-0.2, 0) is 16.1 Å². The molecule has 1 aromatic carbocycles. The molecule has 0 atom stereocenters. The Morgan fingerprint density at radius 2 is 2.19 bits per heavy atom. The second kappa shape index (κ2) is 7.77. The van der Waals surface area contributed by atoms with Gasteiger partial charge in [-0.05, 0) is 25.5 Å². The second-order valence-corrected chi connectivity index (χ2v) is 5.85. The van der Waals surface area contributed by atoms with Crippen LogP contribution in [0.3, 0.4) is 0 Å². The van der Waals surface area contributed by atoms with E-state index in [1.54, 1.807) is 31.5 Å². The fourth-order valence-electron chi connectivity index (χ4n) is 2.96. The van der Waals surface area contributed by atoms with Crippen molar-refractivity contribution in [3.05, 3.63) is 59.0 Å². The molecule has 26 heavy (non-hydrogen) atoms. The van der Waals surface area contributed by atoms with E-state index >= 15 is 0 Å². The zero-order valence-corrected chi connectivity index (χ0v) is 14.4. The number of ether oxygens (including phenoxy) is 1. The number of non-ortho nitro benzene ring substituents is 1. The van der Waals surface area contributed by atoms with Crippen LogP contribution in [0.4, 0.5) is 5.69 Å². The van der Waals surface area contributed by atoms with E-state index in [4.69, 9.17) is 4.74 Å². The minimum Gasteiger partial charge on any atom is -0.466 e. The third-order valence-corrected chi connectivity index (χ3v) is 4.13. The Morgan fingerprint density at radius 1 is 1.35 bits per heavy atom. The summed E-state index contributed by atoms with van der Waals surface area (Å²) in [7, 11) is 0. The third-order valence-electron chi connectivity index (χ3n) is 4.13. The number of nitro groups is 1. The summed E-state index contributed by atoms with van der Waals surface area (Å²) in [5.74, 6) is -0.216. The number of carbonyl (C=O) groups is 1. The molecule has 0 aliphatic carbocycles. The van der Waals surface area contributed by atoms with Crippen molar-refractivity contribution < 1.29 is 14.5 Å². The molecule has 0 fully saturated rings. The smallest absolute Gasteiger partial charge is 0.305 e. The first-order valence-corrected chi connectivity index (χ1v) is 8.43. The van der Waals surface area contributed by atoms with Gasteiger partial charge in [0.25, 0.3) is 5.69 Å². The number of aryl methyl sites for hydroxylation is 1. The van der Waals surface area contributed by atoms with Gasteiger partial charge in [0, 0.05) is 65.7 Å². The van der Waals surface area contributed by atoms with Crippen LogP contribution in [0.5, 0.6) is 0 Å². The molecule has 0 unspecified atom stereocenters. The normalized spacial score (nSPS) is 10.8. The van der Waals surface area contributed by atoms with Crippen molar-refractivity contribution >= 4 is 22.6 Å². The number of carbonyl (C=O) groups excluding carboxylic acids is 1. The van der Waals surface area contributed by atoms with Crippen molar-refractivity contribution in [1.82, 2.24) is 9.55 Å². The van der Waals surface area contributed by atoms with Gasteiger partial charge in [-0.3, -0.25) is 19.9 Å². The van der Waals surface area contributed by atoms with Gasteiger partial charge in [0.05, 0.1) is 11.5 Å². The Kier molecular flexibility index (Phi) is 5.26. The van der Waals surface area contributed by atoms with E-state index in [-0.39, 0.29) is 11.7 Å². The molecule has 0 radical (unpaired) electrons. The average Bonchev–Trinajstić information content (AvgIpc) is 3.01. The number of aromatic nitrogens is 2. The maximum absolute atomic E-state index is 11.5. The van der Waals surface area contributed by atoms with Crippen LogP contribution >= 0.6 is 0 Å². The van der Waals surface area contributed by atoms with Gasteiger partial charge >= 0.3 is 5.97 Å². The summed E-state index contributed by atoms with van der Waals surface area (Å²) in [5.41, 5.74) is 2.71. The largest absolute Gasteiger partial charge is 0.466 e. The SMILES string of the molecule is CCOC(=O)CCCn1cc(-c2cccnc2)c2cc([N+](=O)[O-])ccc21. The number of rotatable bonds is 7. The Bertz CT molecular complexity index is 935. The number of fused-ring (bicyclic) bond motifs is 1. The highest BCUT2D eigenvalue weighted by Gasteiger charge is 2.15. The summed E-state index contributed by atoms with van der Waals surface area (Å²) in [4.78, 5) is 26.4. The topological polar surface area (TPSA) is 87.3 Å². The zero-order chi connectivity index (χ0) is 18.5. The monoisotopic (exact) mass is 353 g/mol. The number of benzene rings is 1. The minimum atomic E-state index is -0.398. The van der Waals surface area contributed by atoms with Crippen molar-refractivity contribution in [3.63, 3.8) is 0 Å². The molecule has 0 saturated carbocycles. The second-order valence-electron chi connectivity index (χ2n) is 5.85. The van der Waals surface area contributed by atoms with Crippen LogP contribution in [0, 0.1) is 10.1 Å². The molecular weight excluding hydrogens is 334 g/mol. The molecule has 0 amide bonds. The third kappa shape index (κ3) is 3.72. The van der Waals surface area contributed by atoms with Crippen molar-refractivity contribution in [2.75, 3.05) is 6.61 Å². The number of hydrogen-bond donors (Lipinski definition) is 0. The molecule has 7 nitrogen and oxygen atoms in total. The summed E-state index contributed by atoms with van der Waals surface area (Å²) in [6, 6.07) is 8.58. The van der Waals surface area contributed by atoms with E-state index in [1.165, 1.54) is 6.07 Å². The molecule has 2 heterocycles. The maximum Gasteiger partial charge on any atom is 0.305 e. The first-order valence-electron chi connectivity index (χ1n) is 8.43. The Hall–Kier alpha value is -3.22. The van der Waals surface area contributed by atoms with Crippen LogP contribution in [0.2, 0.25) is 0 Å². The molecule has 3 rings (SSSR count). The van der Waals surface area contributed by atoms with Gasteiger partial charge in [-0.2, -0.15) is 0 Å². The molecular formula is C19H19N3O4. The van der Waals surface area contributed by atoms with Crippen molar-refractivity contribution in [1.29, 1.82) is 0 Å². The fourth-order valence-corrected chi connectivity index (χ4v) is 2.96. The molecule has 7 heteroatoms. The number of pyridine rings is 1. The highest BCUT2D eigenvalue weighted by Crippen LogP contribution is 2.33. The number of hydrogen-bond acceptors (Lipinski definition) is 5. The van der Waals surface area contributed by atoms with Crippen molar-refractivity contribution in [2.45, 2.75) is 26.3 Å². The molecule has 0 aliphatic rings. The van der Waals surface area contributed by atoms with Gasteiger partial charge in [-0.15, -0.1) is 0 Å². The first kappa shape index (κ1) is 17.6. The molecule has 0 aliphatic heterocycles. The summed E-state index contributed by atoms with van der Waals surface area (Å²) in [5, 5.41) is 11.9. The summed E-state index contributed by atoms with van der Waals surface area (Å²) >= 11 is 0. The molecule has 3 aromatic rings. The zero-order valence-electron chi connectivity index (χ0n) is 14.4. The number of nitro benzene ring substituents is 1. The lowest BCUT2D eigenvalue weighted by molar-refractivity contribution is -0.384. The molecule has 0 spiro atoms. The standard InChI is InChI=1S/C19H19N3O4/c1-2-26-19(23)6-4-10-21-13-17(14-5-3-9-20-12-14)16-11-15(22(24)25)7-8-18(16)21/h3,5,7-9,11-13H,2,4,6,10H2,1H3. The Balaban J connectivity index is 1.96. The first-order chi connectivity index (χ1) is 12.6. The van der Waals surface area contributed by atoms with E-state index in [0.717, 1.165) is 22.0 Å². The van der Waals surface area contributed by atoms with Gasteiger partial charge in [0.1, 0.15) is 0 Å². The lowest BCUT2D eigenvalue weighted by atomic mass is 10.1. The molecule has 0 N–H and O–H groups in total. The van der Waals surface area contributed by atoms with Gasteiger partial charge in [0.15, 0.2) is 0 Å². The molecule has 134 valence electrons. The molecule has 0 saturated heterocycles. The van der Waals surface area contributed by atoms with E-state index in [2.05, 4.69) is 4.98 Å². The predicted molar refractivity (Wildman–Crippen MR) is 97.7 cm³/mol. The van der Waals surface area contributed by atoms with E-state index in [0.29, 0.717) is 26.0 Å². The van der Waals surface area contributed by atoms with Gasteiger partial charge < -0.3 is 9.30 Å². The average molecular weight is 353 g/mol. The van der Waals surface area contributed by atoms with Gasteiger partial charge in [-0.1, -0.05) is 6.07 Å². The van der Waals surface area contributed by atoms with Crippen molar-refractivity contribution in [3.8, 4) is 11.1 Å². The lowest BCUT2D eigenvalue weighted by Crippen LogP contribution is -2.06. The van der Waals surface area contributed by atoms with Crippen LogP contribution in [0.15, 0.2) is 48.9 Å². The number of nitrogens with zero attached hydrogens (tertiary/aromatic N) is 3. The summed E-state index contributed by atoms with van der Waals surface area (Å²) in [6.45, 7) is 2.78. The molecule has 2 aromatic heterocycles.